The molecular formula is C14H25N3. The Morgan fingerprint density at radius 2 is 1.59 bits per heavy atom. The van der Waals surface area contributed by atoms with Gasteiger partial charge in [0.05, 0.1) is 0 Å². The molecule has 0 radical (unpaired) electrons. The van der Waals surface area contributed by atoms with Crippen LogP contribution in [0.25, 0.3) is 0 Å². The van der Waals surface area contributed by atoms with Crippen LogP contribution in [0.1, 0.15) is 22.3 Å². The van der Waals surface area contributed by atoms with E-state index in [1.807, 2.05) is 0 Å². The van der Waals surface area contributed by atoms with Crippen LogP contribution < -0.4 is 16.4 Å². The van der Waals surface area contributed by atoms with Crippen LogP contribution in [-0.4, -0.2) is 26.2 Å². The molecular weight excluding hydrogens is 210 g/mol. The number of hydrogen-bond acceptors (Lipinski definition) is 3. The fourth-order valence-corrected chi connectivity index (χ4v) is 2.29. The van der Waals surface area contributed by atoms with Gasteiger partial charge in [-0.1, -0.05) is 6.07 Å². The van der Waals surface area contributed by atoms with Crippen LogP contribution in [0.5, 0.6) is 0 Å². The molecule has 4 N–H and O–H groups in total. The van der Waals surface area contributed by atoms with E-state index in [0.29, 0.717) is 6.54 Å². The molecule has 0 spiro atoms. The third-order valence-electron chi connectivity index (χ3n) is 3.52. The molecule has 0 bridgehead atoms. The minimum atomic E-state index is 0.0274. The second kappa shape index (κ2) is 5.52. The number of nitrogens with two attached hydrogens (primary N) is 2. The molecule has 1 aromatic carbocycles. The van der Waals surface area contributed by atoms with Crippen molar-refractivity contribution in [3.05, 3.63) is 28.3 Å². The second-order valence-corrected chi connectivity index (χ2v) is 4.99. The molecule has 1 unspecified atom stereocenters. The number of nitrogens with zero attached hydrogens (tertiary/aromatic N) is 1. The lowest BCUT2D eigenvalue weighted by Gasteiger charge is -2.28. The summed E-state index contributed by atoms with van der Waals surface area (Å²) < 4.78 is 0. The maximum Gasteiger partial charge on any atom is 0.0428 e. The van der Waals surface area contributed by atoms with Crippen molar-refractivity contribution in [3.63, 3.8) is 0 Å². The Morgan fingerprint density at radius 1 is 1.12 bits per heavy atom. The second-order valence-electron chi connectivity index (χ2n) is 4.99. The summed E-state index contributed by atoms with van der Waals surface area (Å²) in [6.07, 6.45) is 0. The Balaban J connectivity index is 3.12. The molecule has 0 amide bonds. The first-order valence-electron chi connectivity index (χ1n) is 6.12. The largest absolute Gasteiger partial charge is 0.373 e. The topological polar surface area (TPSA) is 55.3 Å². The number of anilines is 1. The first-order valence-corrected chi connectivity index (χ1v) is 6.12. The molecule has 0 aliphatic rings. The van der Waals surface area contributed by atoms with Crippen LogP contribution in [0.15, 0.2) is 6.07 Å². The maximum atomic E-state index is 5.92. The van der Waals surface area contributed by atoms with Crippen LogP contribution in [0.4, 0.5) is 5.69 Å². The Morgan fingerprint density at radius 3 is 2.00 bits per heavy atom. The number of hydrogen-bond donors (Lipinski definition) is 2. The van der Waals surface area contributed by atoms with Crippen molar-refractivity contribution in [1.82, 2.24) is 0 Å². The predicted octanol–water partition coefficient (Wildman–Crippen LogP) is 1.64. The van der Waals surface area contributed by atoms with Gasteiger partial charge in [-0.05, 0) is 49.9 Å². The summed E-state index contributed by atoms with van der Waals surface area (Å²) in [6, 6.07) is 2.27. The van der Waals surface area contributed by atoms with E-state index in [9.17, 15) is 0 Å². The minimum Gasteiger partial charge on any atom is -0.373 e. The van der Waals surface area contributed by atoms with Gasteiger partial charge in [0, 0.05) is 31.9 Å². The van der Waals surface area contributed by atoms with E-state index in [-0.39, 0.29) is 6.04 Å². The van der Waals surface area contributed by atoms with Crippen molar-refractivity contribution in [1.29, 1.82) is 0 Å². The van der Waals surface area contributed by atoms with Gasteiger partial charge in [0.25, 0.3) is 0 Å². The van der Waals surface area contributed by atoms with E-state index in [1.54, 1.807) is 0 Å². The van der Waals surface area contributed by atoms with Gasteiger partial charge in [0.15, 0.2) is 0 Å². The normalized spacial score (nSPS) is 12.6. The van der Waals surface area contributed by atoms with Crippen LogP contribution in [0, 0.1) is 27.7 Å². The fraction of sp³-hybridized carbons (Fsp3) is 0.571. The summed E-state index contributed by atoms with van der Waals surface area (Å²) in [6.45, 7) is 9.96. The van der Waals surface area contributed by atoms with Gasteiger partial charge in [0.1, 0.15) is 0 Å². The van der Waals surface area contributed by atoms with Crippen LogP contribution in [-0.2, 0) is 0 Å². The number of likely N-dealkylation sites (N-methyl/N-ethyl adjacent to an activating group) is 1. The fourth-order valence-electron chi connectivity index (χ4n) is 2.29. The third kappa shape index (κ3) is 2.99. The lowest BCUT2D eigenvalue weighted by atomic mass is 9.98. The summed E-state index contributed by atoms with van der Waals surface area (Å²) in [5.41, 5.74) is 18.1. The van der Waals surface area contributed by atoms with Crippen molar-refractivity contribution in [2.75, 3.05) is 25.0 Å². The molecule has 0 heterocycles. The van der Waals surface area contributed by atoms with E-state index in [0.717, 1.165) is 6.54 Å². The Labute approximate surface area is 105 Å². The molecule has 0 saturated carbocycles. The first-order chi connectivity index (χ1) is 7.88. The summed E-state index contributed by atoms with van der Waals surface area (Å²) in [5, 5.41) is 0. The zero-order valence-electron chi connectivity index (χ0n) is 11.7. The number of benzene rings is 1. The summed E-state index contributed by atoms with van der Waals surface area (Å²) in [4.78, 5) is 2.22. The highest BCUT2D eigenvalue weighted by atomic mass is 15.1. The molecule has 0 fully saturated rings. The molecule has 17 heavy (non-hydrogen) atoms. The zero-order chi connectivity index (χ0) is 13.2. The van der Waals surface area contributed by atoms with Crippen LogP contribution in [0.2, 0.25) is 0 Å². The lowest BCUT2D eigenvalue weighted by molar-refractivity contribution is 0.666. The van der Waals surface area contributed by atoms with Gasteiger partial charge >= 0.3 is 0 Å². The molecule has 0 aromatic heterocycles. The quantitative estimate of drug-likeness (QED) is 0.834. The van der Waals surface area contributed by atoms with E-state index >= 15 is 0 Å². The molecule has 3 nitrogen and oxygen atoms in total. The smallest absolute Gasteiger partial charge is 0.0428 e. The van der Waals surface area contributed by atoms with Crippen LogP contribution >= 0.6 is 0 Å². The van der Waals surface area contributed by atoms with Gasteiger partial charge in [-0.2, -0.15) is 0 Å². The van der Waals surface area contributed by atoms with Crippen molar-refractivity contribution >= 4 is 5.69 Å². The Bertz CT molecular complexity index is 373. The Hall–Kier alpha value is -1.06. The van der Waals surface area contributed by atoms with E-state index in [4.69, 9.17) is 11.5 Å². The highest BCUT2D eigenvalue weighted by molar-refractivity contribution is 5.63. The average Bonchev–Trinajstić information content (AvgIpc) is 2.26. The van der Waals surface area contributed by atoms with Crippen molar-refractivity contribution in [3.8, 4) is 0 Å². The minimum absolute atomic E-state index is 0.0274. The lowest BCUT2D eigenvalue weighted by Crippen LogP contribution is -2.41. The van der Waals surface area contributed by atoms with Crippen molar-refractivity contribution in [2.45, 2.75) is 33.7 Å². The van der Waals surface area contributed by atoms with E-state index in [1.165, 1.54) is 27.9 Å². The SMILES string of the molecule is Cc1cc(C)c(C)c(N(C)CC(N)CN)c1C. The monoisotopic (exact) mass is 235 g/mol. The number of aryl methyl sites for hydroxylation is 2. The third-order valence-corrected chi connectivity index (χ3v) is 3.52. The molecule has 0 aliphatic carbocycles. The molecule has 3 heteroatoms. The summed E-state index contributed by atoms with van der Waals surface area (Å²) in [5.74, 6) is 0. The van der Waals surface area contributed by atoms with Crippen LogP contribution in [0.3, 0.4) is 0 Å². The summed E-state index contributed by atoms with van der Waals surface area (Å²) >= 11 is 0. The molecule has 96 valence electrons. The number of rotatable bonds is 4. The molecule has 0 saturated heterocycles. The predicted molar refractivity (Wildman–Crippen MR) is 75.7 cm³/mol. The average molecular weight is 235 g/mol. The summed E-state index contributed by atoms with van der Waals surface area (Å²) in [7, 11) is 2.09. The van der Waals surface area contributed by atoms with Gasteiger partial charge in [-0.25, -0.2) is 0 Å². The standard InChI is InChI=1S/C14H25N3/c1-9-6-10(2)12(4)14(11(9)3)17(5)8-13(16)7-15/h6,13H,7-8,15-16H2,1-5H3. The van der Waals surface area contributed by atoms with E-state index < -0.39 is 0 Å². The van der Waals surface area contributed by atoms with Gasteiger partial charge in [-0.15, -0.1) is 0 Å². The molecule has 1 aromatic rings. The molecule has 0 aliphatic heterocycles. The first kappa shape index (κ1) is 14.0. The van der Waals surface area contributed by atoms with Crippen molar-refractivity contribution in [2.24, 2.45) is 11.5 Å². The zero-order valence-corrected chi connectivity index (χ0v) is 11.7. The Kier molecular flexibility index (Phi) is 4.54. The van der Waals surface area contributed by atoms with Gasteiger partial charge < -0.3 is 16.4 Å². The van der Waals surface area contributed by atoms with Crippen molar-refractivity contribution < 1.29 is 0 Å². The highest BCUT2D eigenvalue weighted by Crippen LogP contribution is 2.29. The van der Waals surface area contributed by atoms with Gasteiger partial charge in [0.2, 0.25) is 0 Å². The molecule has 1 rings (SSSR count). The van der Waals surface area contributed by atoms with E-state index in [2.05, 4.69) is 45.7 Å². The molecule has 1 atom stereocenters. The highest BCUT2D eigenvalue weighted by Gasteiger charge is 2.14. The maximum absolute atomic E-state index is 5.92. The van der Waals surface area contributed by atoms with Gasteiger partial charge in [-0.3, -0.25) is 0 Å².